The molecule has 170 valence electrons. The van der Waals surface area contributed by atoms with E-state index >= 15 is 0 Å². The van der Waals surface area contributed by atoms with Gasteiger partial charge in [0.1, 0.15) is 18.8 Å². The summed E-state index contributed by atoms with van der Waals surface area (Å²) in [6.07, 6.45) is -5.13. The normalized spacial score (nSPS) is 25.1. The van der Waals surface area contributed by atoms with E-state index in [0.29, 0.717) is 4.88 Å². The van der Waals surface area contributed by atoms with Gasteiger partial charge in [-0.25, -0.2) is 0 Å². The van der Waals surface area contributed by atoms with Crippen molar-refractivity contribution < 1.29 is 47.7 Å². The average Bonchev–Trinajstić information content (AvgIpc) is 3.18. The number of hydrogen-bond donors (Lipinski definition) is 1. The van der Waals surface area contributed by atoms with Gasteiger partial charge in [-0.2, -0.15) is 0 Å². The standard InChI is InChI=1S/C19H23NO10S/c1-9(21)26-8-13-16(27-10(2)22)17(28-11(3)23)15(19(30-13)29-12(4)24)20-18(25)14-6-5-7-31-14/h5-7,13,15-17,19H,8H2,1-4H3,(H,20,25)/t13-,15-,16+,17-,19-/m1/s1. The predicted molar refractivity (Wildman–Crippen MR) is 104 cm³/mol. The number of hydrogen-bond acceptors (Lipinski definition) is 11. The Kier molecular flexibility index (Phi) is 8.51. The molecule has 0 spiro atoms. The Balaban J connectivity index is 2.42. The summed E-state index contributed by atoms with van der Waals surface area (Å²) in [6, 6.07) is 2.01. The summed E-state index contributed by atoms with van der Waals surface area (Å²) in [5.74, 6) is -3.39. The third-order valence-electron chi connectivity index (χ3n) is 4.03. The van der Waals surface area contributed by atoms with Crippen LogP contribution >= 0.6 is 11.3 Å². The lowest BCUT2D eigenvalue weighted by Gasteiger charge is -2.44. The molecular formula is C19H23NO10S. The van der Waals surface area contributed by atoms with E-state index in [2.05, 4.69) is 5.32 Å². The molecule has 2 heterocycles. The highest BCUT2D eigenvalue weighted by molar-refractivity contribution is 7.12. The van der Waals surface area contributed by atoms with Crippen LogP contribution in [0.15, 0.2) is 17.5 Å². The predicted octanol–water partition coefficient (Wildman–Crippen LogP) is 0.561. The van der Waals surface area contributed by atoms with Crippen LogP contribution in [0.4, 0.5) is 0 Å². The van der Waals surface area contributed by atoms with Gasteiger partial charge in [0, 0.05) is 27.7 Å². The van der Waals surface area contributed by atoms with E-state index in [9.17, 15) is 24.0 Å². The summed E-state index contributed by atoms with van der Waals surface area (Å²) in [4.78, 5) is 59.4. The van der Waals surface area contributed by atoms with Crippen LogP contribution in [0.25, 0.3) is 0 Å². The van der Waals surface area contributed by atoms with Crippen LogP contribution < -0.4 is 5.32 Å². The lowest BCUT2D eigenvalue weighted by Crippen LogP contribution is -2.66. The van der Waals surface area contributed by atoms with Crippen molar-refractivity contribution >= 4 is 41.1 Å². The van der Waals surface area contributed by atoms with E-state index in [4.69, 9.17) is 23.7 Å². The van der Waals surface area contributed by atoms with Crippen molar-refractivity contribution in [3.05, 3.63) is 22.4 Å². The maximum Gasteiger partial charge on any atom is 0.305 e. The first-order valence-electron chi connectivity index (χ1n) is 9.23. The number of thiophene rings is 1. The number of rotatable bonds is 7. The summed E-state index contributed by atoms with van der Waals surface area (Å²) < 4.78 is 26.5. The second kappa shape index (κ2) is 10.9. The lowest BCUT2D eigenvalue weighted by molar-refractivity contribution is -0.270. The number of nitrogens with one attached hydrogen (secondary N) is 1. The van der Waals surface area contributed by atoms with Gasteiger partial charge in [-0.15, -0.1) is 11.3 Å². The SMILES string of the molecule is CC(=O)OC[C@H]1O[C@@H](OC(C)=O)[C@H](NC(=O)c2cccs2)[C@@H](OC(C)=O)[C@H]1OC(C)=O. The second-order valence-electron chi connectivity index (χ2n) is 6.58. The average molecular weight is 457 g/mol. The molecule has 1 aromatic heterocycles. The summed E-state index contributed by atoms with van der Waals surface area (Å²) in [5, 5.41) is 4.30. The van der Waals surface area contributed by atoms with E-state index in [-0.39, 0.29) is 6.61 Å². The Bertz CT molecular complexity index is 824. The summed E-state index contributed by atoms with van der Waals surface area (Å²) in [7, 11) is 0. The maximum absolute atomic E-state index is 12.6. The smallest absolute Gasteiger partial charge is 0.305 e. The zero-order valence-corrected chi connectivity index (χ0v) is 18.1. The fourth-order valence-electron chi connectivity index (χ4n) is 2.95. The number of carbonyl (C=O) groups excluding carboxylic acids is 5. The molecule has 0 radical (unpaired) electrons. The molecule has 11 nitrogen and oxygen atoms in total. The summed E-state index contributed by atoms with van der Waals surface area (Å²) in [5.41, 5.74) is 0. The fourth-order valence-corrected chi connectivity index (χ4v) is 3.58. The Morgan fingerprint density at radius 3 is 2.06 bits per heavy atom. The lowest BCUT2D eigenvalue weighted by atomic mass is 9.96. The van der Waals surface area contributed by atoms with Crippen molar-refractivity contribution in [3.63, 3.8) is 0 Å². The highest BCUT2D eigenvalue weighted by atomic mass is 32.1. The van der Waals surface area contributed by atoms with Gasteiger partial charge in [0.15, 0.2) is 12.2 Å². The van der Waals surface area contributed by atoms with Crippen LogP contribution in [-0.2, 0) is 42.9 Å². The maximum atomic E-state index is 12.6. The van der Waals surface area contributed by atoms with Crippen LogP contribution in [0, 0.1) is 0 Å². The molecule has 2 rings (SSSR count). The molecule has 0 bridgehead atoms. The van der Waals surface area contributed by atoms with E-state index in [1.165, 1.54) is 6.92 Å². The van der Waals surface area contributed by atoms with Crippen LogP contribution in [0.5, 0.6) is 0 Å². The molecule has 1 aliphatic heterocycles. The minimum absolute atomic E-state index is 0.342. The van der Waals surface area contributed by atoms with E-state index < -0.39 is 60.4 Å². The molecule has 1 amide bonds. The van der Waals surface area contributed by atoms with Gasteiger partial charge >= 0.3 is 23.9 Å². The van der Waals surface area contributed by atoms with Crippen LogP contribution in [0.2, 0.25) is 0 Å². The molecule has 5 atom stereocenters. The molecule has 12 heteroatoms. The summed E-state index contributed by atoms with van der Waals surface area (Å²) in [6.45, 7) is 4.17. The molecule has 31 heavy (non-hydrogen) atoms. The second-order valence-corrected chi connectivity index (χ2v) is 7.53. The minimum atomic E-state index is -1.42. The highest BCUT2D eigenvalue weighted by Crippen LogP contribution is 2.28. The monoisotopic (exact) mass is 457 g/mol. The Hall–Kier alpha value is -2.99. The molecule has 0 aromatic carbocycles. The third-order valence-corrected chi connectivity index (χ3v) is 4.89. The van der Waals surface area contributed by atoms with Crippen molar-refractivity contribution in [1.29, 1.82) is 0 Å². The molecule has 0 unspecified atom stereocenters. The molecule has 1 aromatic rings. The largest absolute Gasteiger partial charge is 0.463 e. The molecule has 1 saturated heterocycles. The Morgan fingerprint density at radius 2 is 1.55 bits per heavy atom. The van der Waals surface area contributed by atoms with Crippen molar-refractivity contribution in [3.8, 4) is 0 Å². The first kappa shape index (κ1) is 24.3. The first-order valence-corrected chi connectivity index (χ1v) is 10.1. The van der Waals surface area contributed by atoms with Crippen molar-refractivity contribution in [2.24, 2.45) is 0 Å². The molecule has 1 N–H and O–H groups in total. The van der Waals surface area contributed by atoms with Gasteiger partial charge in [0.25, 0.3) is 5.91 Å². The topological polar surface area (TPSA) is 144 Å². The highest BCUT2D eigenvalue weighted by Gasteiger charge is 2.52. The number of esters is 4. The van der Waals surface area contributed by atoms with Gasteiger partial charge in [0.2, 0.25) is 6.29 Å². The van der Waals surface area contributed by atoms with Gasteiger partial charge in [-0.05, 0) is 11.4 Å². The van der Waals surface area contributed by atoms with Gasteiger partial charge in [-0.1, -0.05) is 6.07 Å². The molecule has 0 aliphatic carbocycles. The minimum Gasteiger partial charge on any atom is -0.463 e. The van der Waals surface area contributed by atoms with E-state index in [0.717, 1.165) is 32.1 Å². The van der Waals surface area contributed by atoms with E-state index in [1.54, 1.807) is 17.5 Å². The molecule has 1 fully saturated rings. The quantitative estimate of drug-likeness (QED) is 0.455. The van der Waals surface area contributed by atoms with Crippen molar-refractivity contribution in [1.82, 2.24) is 5.32 Å². The zero-order chi connectivity index (χ0) is 23.1. The number of ether oxygens (including phenoxy) is 5. The zero-order valence-electron chi connectivity index (χ0n) is 17.3. The molecular weight excluding hydrogens is 434 g/mol. The van der Waals surface area contributed by atoms with Gasteiger partial charge in [-0.3, -0.25) is 24.0 Å². The fraction of sp³-hybridized carbons (Fsp3) is 0.526. The van der Waals surface area contributed by atoms with Gasteiger partial charge in [0.05, 0.1) is 4.88 Å². The van der Waals surface area contributed by atoms with Crippen molar-refractivity contribution in [2.75, 3.05) is 6.61 Å². The first-order chi connectivity index (χ1) is 14.6. The molecule has 1 aliphatic rings. The molecule has 0 saturated carbocycles. The Labute approximate surface area is 181 Å². The van der Waals surface area contributed by atoms with E-state index in [1.807, 2.05) is 0 Å². The number of carbonyl (C=O) groups is 5. The van der Waals surface area contributed by atoms with Crippen molar-refractivity contribution in [2.45, 2.75) is 58.3 Å². The van der Waals surface area contributed by atoms with Gasteiger partial charge < -0.3 is 29.0 Å². The Morgan fingerprint density at radius 1 is 0.935 bits per heavy atom. The number of amides is 1. The van der Waals surface area contributed by atoms with Crippen LogP contribution in [-0.4, -0.2) is 67.0 Å². The third kappa shape index (κ3) is 7.03. The van der Waals surface area contributed by atoms with Crippen LogP contribution in [0.3, 0.4) is 0 Å². The van der Waals surface area contributed by atoms with Crippen LogP contribution in [0.1, 0.15) is 37.4 Å². The summed E-state index contributed by atoms with van der Waals surface area (Å²) >= 11 is 1.16.